The van der Waals surface area contributed by atoms with E-state index in [1.54, 1.807) is 18.2 Å². The predicted octanol–water partition coefficient (Wildman–Crippen LogP) is -0.131. The number of rotatable bonds is 4. The Morgan fingerprint density at radius 3 is 2.75 bits per heavy atom. The second-order valence-electron chi connectivity index (χ2n) is 5.00. The Labute approximate surface area is 119 Å². The molecule has 1 saturated heterocycles. The van der Waals surface area contributed by atoms with Crippen molar-refractivity contribution < 1.29 is 13.2 Å². The summed E-state index contributed by atoms with van der Waals surface area (Å²) in [5.41, 5.74) is 0.891. The van der Waals surface area contributed by atoms with Gasteiger partial charge in [-0.2, -0.15) is 0 Å². The van der Waals surface area contributed by atoms with Crippen LogP contribution in [-0.4, -0.2) is 57.3 Å². The summed E-state index contributed by atoms with van der Waals surface area (Å²) in [6, 6.07) is 6.86. The van der Waals surface area contributed by atoms with Crippen molar-refractivity contribution in [2.45, 2.75) is 11.4 Å². The third-order valence-corrected chi connectivity index (χ3v) is 5.01. The van der Waals surface area contributed by atoms with Crippen LogP contribution in [-0.2, 0) is 21.4 Å². The topological polar surface area (TPSA) is 69.7 Å². The maximum absolute atomic E-state index is 12.1. The first-order valence-corrected chi connectivity index (χ1v) is 7.84. The van der Waals surface area contributed by atoms with E-state index in [0.717, 1.165) is 12.1 Å². The molecule has 0 bridgehead atoms. The van der Waals surface area contributed by atoms with E-state index in [9.17, 15) is 13.2 Å². The number of piperazine rings is 1. The Kier molecular flexibility index (Phi) is 4.42. The van der Waals surface area contributed by atoms with Crippen molar-refractivity contribution in [3.05, 3.63) is 29.8 Å². The minimum atomic E-state index is -3.42. The van der Waals surface area contributed by atoms with Gasteiger partial charge in [-0.1, -0.05) is 12.1 Å². The minimum absolute atomic E-state index is 0.00770. The molecule has 0 atom stereocenters. The summed E-state index contributed by atoms with van der Waals surface area (Å²) in [4.78, 5) is 13.6. The van der Waals surface area contributed by atoms with Crippen molar-refractivity contribution in [2.75, 3.05) is 33.7 Å². The molecule has 0 saturated carbocycles. The molecule has 110 valence electrons. The molecule has 1 fully saturated rings. The van der Waals surface area contributed by atoms with Gasteiger partial charge in [0.2, 0.25) is 15.9 Å². The van der Waals surface area contributed by atoms with E-state index in [1.807, 2.05) is 11.0 Å². The van der Waals surface area contributed by atoms with E-state index in [0.29, 0.717) is 19.6 Å². The number of hydrogen-bond acceptors (Lipinski definition) is 4. The summed E-state index contributed by atoms with van der Waals surface area (Å²) in [6.45, 7) is 2.33. The second kappa shape index (κ2) is 5.90. The molecule has 20 heavy (non-hydrogen) atoms. The summed E-state index contributed by atoms with van der Waals surface area (Å²) >= 11 is 0. The number of carbonyl (C=O) groups is 1. The molecule has 2 rings (SSSR count). The SMILES string of the molecule is CN(C)S(=O)(=O)c1cccc(CN2CCNC(=O)C2)c1. The van der Waals surface area contributed by atoms with Crippen molar-refractivity contribution >= 4 is 15.9 Å². The monoisotopic (exact) mass is 297 g/mol. The van der Waals surface area contributed by atoms with E-state index >= 15 is 0 Å². The first kappa shape index (κ1) is 15.0. The summed E-state index contributed by atoms with van der Waals surface area (Å²) in [5, 5.41) is 2.77. The van der Waals surface area contributed by atoms with Gasteiger partial charge in [0.15, 0.2) is 0 Å². The fourth-order valence-corrected chi connectivity index (χ4v) is 3.07. The Balaban J connectivity index is 2.16. The van der Waals surface area contributed by atoms with Gasteiger partial charge in [0.25, 0.3) is 0 Å². The Hall–Kier alpha value is -1.44. The first-order chi connectivity index (χ1) is 9.39. The Morgan fingerprint density at radius 2 is 2.10 bits per heavy atom. The number of benzene rings is 1. The zero-order valence-corrected chi connectivity index (χ0v) is 12.5. The average molecular weight is 297 g/mol. The van der Waals surface area contributed by atoms with E-state index in [-0.39, 0.29) is 10.8 Å². The highest BCUT2D eigenvalue weighted by molar-refractivity contribution is 7.89. The number of hydrogen-bond donors (Lipinski definition) is 1. The first-order valence-electron chi connectivity index (χ1n) is 6.40. The molecule has 1 aromatic carbocycles. The van der Waals surface area contributed by atoms with Crippen LogP contribution in [0.3, 0.4) is 0 Å². The van der Waals surface area contributed by atoms with Gasteiger partial charge in [0, 0.05) is 33.7 Å². The molecule has 0 spiro atoms. The molecule has 0 aromatic heterocycles. The fraction of sp³-hybridized carbons (Fsp3) is 0.462. The van der Waals surface area contributed by atoms with Gasteiger partial charge < -0.3 is 5.32 Å². The lowest BCUT2D eigenvalue weighted by Gasteiger charge is -2.26. The van der Waals surface area contributed by atoms with E-state index in [2.05, 4.69) is 5.32 Å². The normalized spacial score (nSPS) is 17.2. The lowest BCUT2D eigenvalue weighted by atomic mass is 10.2. The largest absolute Gasteiger partial charge is 0.354 e. The van der Waals surface area contributed by atoms with Crippen LogP contribution < -0.4 is 5.32 Å². The number of carbonyl (C=O) groups excluding carboxylic acids is 1. The molecule has 1 aromatic rings. The third-order valence-electron chi connectivity index (χ3n) is 3.20. The average Bonchev–Trinajstić information content (AvgIpc) is 2.39. The molecule has 0 aliphatic carbocycles. The number of nitrogens with zero attached hydrogens (tertiary/aromatic N) is 2. The predicted molar refractivity (Wildman–Crippen MR) is 75.6 cm³/mol. The van der Waals surface area contributed by atoms with Crippen molar-refractivity contribution in [1.29, 1.82) is 0 Å². The van der Waals surface area contributed by atoms with E-state index < -0.39 is 10.0 Å². The van der Waals surface area contributed by atoms with Gasteiger partial charge in [-0.3, -0.25) is 9.69 Å². The smallest absolute Gasteiger partial charge is 0.242 e. The van der Waals surface area contributed by atoms with Gasteiger partial charge in [-0.15, -0.1) is 0 Å². The maximum Gasteiger partial charge on any atom is 0.242 e. The van der Waals surface area contributed by atoms with Crippen molar-refractivity contribution in [3.8, 4) is 0 Å². The van der Waals surface area contributed by atoms with E-state index in [1.165, 1.54) is 18.4 Å². The maximum atomic E-state index is 12.1. The van der Waals surface area contributed by atoms with Crippen molar-refractivity contribution in [1.82, 2.24) is 14.5 Å². The molecular weight excluding hydrogens is 278 g/mol. The van der Waals surface area contributed by atoms with E-state index in [4.69, 9.17) is 0 Å². The van der Waals surface area contributed by atoms with Crippen LogP contribution in [0.25, 0.3) is 0 Å². The zero-order valence-electron chi connectivity index (χ0n) is 11.7. The number of sulfonamides is 1. The molecular formula is C13H19N3O3S. The van der Waals surface area contributed by atoms with Gasteiger partial charge in [0.1, 0.15) is 0 Å². The Bertz CT molecular complexity index is 599. The fourth-order valence-electron chi connectivity index (χ4n) is 2.10. The summed E-state index contributed by atoms with van der Waals surface area (Å²) < 4.78 is 25.3. The molecule has 1 heterocycles. The molecule has 0 radical (unpaired) electrons. The summed E-state index contributed by atoms with van der Waals surface area (Å²) in [6.07, 6.45) is 0. The summed E-state index contributed by atoms with van der Waals surface area (Å²) in [5.74, 6) is 0.00770. The Morgan fingerprint density at radius 1 is 1.35 bits per heavy atom. The van der Waals surface area contributed by atoms with Crippen LogP contribution in [0.4, 0.5) is 0 Å². The minimum Gasteiger partial charge on any atom is -0.354 e. The highest BCUT2D eigenvalue weighted by Crippen LogP contribution is 2.16. The molecule has 1 aliphatic heterocycles. The molecule has 1 N–H and O–H groups in total. The molecule has 7 heteroatoms. The third kappa shape index (κ3) is 3.36. The van der Waals surface area contributed by atoms with Crippen LogP contribution in [0.5, 0.6) is 0 Å². The second-order valence-corrected chi connectivity index (χ2v) is 7.15. The van der Waals surface area contributed by atoms with Crippen LogP contribution in [0.2, 0.25) is 0 Å². The molecule has 6 nitrogen and oxygen atoms in total. The van der Waals surface area contributed by atoms with Crippen LogP contribution in [0.1, 0.15) is 5.56 Å². The number of amides is 1. The van der Waals surface area contributed by atoms with Gasteiger partial charge in [0.05, 0.1) is 11.4 Å². The quantitative estimate of drug-likeness (QED) is 0.840. The highest BCUT2D eigenvalue weighted by atomic mass is 32.2. The van der Waals surface area contributed by atoms with Crippen LogP contribution in [0.15, 0.2) is 29.2 Å². The van der Waals surface area contributed by atoms with Gasteiger partial charge in [-0.25, -0.2) is 12.7 Å². The molecule has 1 aliphatic rings. The lowest BCUT2D eigenvalue weighted by Crippen LogP contribution is -2.47. The molecule has 1 amide bonds. The highest BCUT2D eigenvalue weighted by Gasteiger charge is 2.19. The standard InChI is InChI=1S/C13H19N3O3S/c1-15(2)20(18,19)12-5-3-4-11(8-12)9-16-7-6-14-13(17)10-16/h3-5,8H,6-7,9-10H2,1-2H3,(H,14,17). The van der Waals surface area contributed by atoms with Crippen LogP contribution in [0, 0.1) is 0 Å². The zero-order chi connectivity index (χ0) is 14.8. The lowest BCUT2D eigenvalue weighted by molar-refractivity contribution is -0.124. The van der Waals surface area contributed by atoms with Crippen molar-refractivity contribution in [3.63, 3.8) is 0 Å². The molecule has 0 unspecified atom stereocenters. The van der Waals surface area contributed by atoms with Gasteiger partial charge in [-0.05, 0) is 17.7 Å². The summed E-state index contributed by atoms with van der Waals surface area (Å²) in [7, 11) is -0.394. The number of nitrogens with one attached hydrogen (secondary N) is 1. The van der Waals surface area contributed by atoms with Crippen LogP contribution >= 0.6 is 0 Å². The van der Waals surface area contributed by atoms with Gasteiger partial charge >= 0.3 is 0 Å². The van der Waals surface area contributed by atoms with Crippen molar-refractivity contribution in [2.24, 2.45) is 0 Å².